The summed E-state index contributed by atoms with van der Waals surface area (Å²) in [5.41, 5.74) is 3.02. The highest BCUT2D eigenvalue weighted by Crippen LogP contribution is 2.20. The van der Waals surface area contributed by atoms with Crippen molar-refractivity contribution in [2.45, 2.75) is 0 Å². The summed E-state index contributed by atoms with van der Waals surface area (Å²) in [7, 11) is 0. The zero-order valence-corrected chi connectivity index (χ0v) is 13.7. The van der Waals surface area contributed by atoms with E-state index >= 15 is 0 Å². The van der Waals surface area contributed by atoms with Gasteiger partial charge in [0.15, 0.2) is 0 Å². The van der Waals surface area contributed by atoms with Crippen molar-refractivity contribution in [2.75, 3.05) is 5.32 Å². The van der Waals surface area contributed by atoms with Crippen LogP contribution in [0.2, 0.25) is 0 Å². The van der Waals surface area contributed by atoms with Crippen LogP contribution in [0.1, 0.15) is 5.56 Å². The van der Waals surface area contributed by atoms with Crippen molar-refractivity contribution >= 4 is 45.3 Å². The summed E-state index contributed by atoms with van der Waals surface area (Å²) in [6.45, 7) is 0. The Balaban J connectivity index is 1.91. The maximum absolute atomic E-state index is 11.7. The number of nitrogens with one attached hydrogen (secondary N) is 2. The Bertz CT molecular complexity index is 805. The van der Waals surface area contributed by atoms with Crippen LogP contribution in [0.15, 0.2) is 58.1 Å². The number of amides is 2. The average molecular weight is 391 g/mol. The van der Waals surface area contributed by atoms with E-state index in [-0.39, 0.29) is 5.69 Å². The Morgan fingerprint density at radius 3 is 2.38 bits per heavy atom. The average Bonchev–Trinajstić information content (AvgIpc) is 2.57. The van der Waals surface area contributed by atoms with Crippen LogP contribution in [-0.4, -0.2) is 23.0 Å². The highest BCUT2D eigenvalue weighted by atomic mass is 79.9. The molecule has 0 unspecified atom stereocenters. The fraction of sp³-hybridized carbons (Fsp3) is 0. The summed E-state index contributed by atoms with van der Waals surface area (Å²) in [4.78, 5) is 33.4. The van der Waals surface area contributed by atoms with E-state index in [0.29, 0.717) is 15.7 Å². The minimum Gasteiger partial charge on any atom is -0.317 e. The van der Waals surface area contributed by atoms with Crippen LogP contribution in [0.4, 0.5) is 11.4 Å². The van der Waals surface area contributed by atoms with Crippen LogP contribution in [-0.2, 0) is 9.59 Å². The minimum atomic E-state index is -0.941. The van der Waals surface area contributed by atoms with Gasteiger partial charge in [0.1, 0.15) is 0 Å². The Labute approximate surface area is 144 Å². The van der Waals surface area contributed by atoms with E-state index in [0.717, 1.165) is 0 Å². The molecule has 0 saturated heterocycles. The van der Waals surface area contributed by atoms with Crippen molar-refractivity contribution in [1.82, 2.24) is 5.43 Å². The third-order valence-corrected chi connectivity index (χ3v) is 3.50. The number of anilines is 1. The molecule has 0 fully saturated rings. The number of hydrazone groups is 1. The summed E-state index contributed by atoms with van der Waals surface area (Å²) in [6.07, 6.45) is 1.27. The first-order valence-electron chi connectivity index (χ1n) is 6.61. The van der Waals surface area contributed by atoms with Gasteiger partial charge >= 0.3 is 11.8 Å². The normalized spacial score (nSPS) is 10.4. The number of hydrogen-bond acceptors (Lipinski definition) is 5. The first-order valence-corrected chi connectivity index (χ1v) is 7.40. The number of rotatable bonds is 4. The van der Waals surface area contributed by atoms with Crippen LogP contribution in [0.25, 0.3) is 0 Å². The number of halogens is 1. The second-order valence-corrected chi connectivity index (χ2v) is 5.34. The fourth-order valence-electron chi connectivity index (χ4n) is 1.64. The molecule has 0 aliphatic rings. The molecule has 2 aromatic rings. The topological polar surface area (TPSA) is 114 Å². The zero-order valence-electron chi connectivity index (χ0n) is 12.1. The lowest BCUT2D eigenvalue weighted by Crippen LogP contribution is -2.32. The number of non-ortho nitro benzene ring substituents is 1. The third-order valence-electron chi connectivity index (χ3n) is 2.81. The van der Waals surface area contributed by atoms with Gasteiger partial charge in [0.2, 0.25) is 0 Å². The van der Waals surface area contributed by atoms with Crippen LogP contribution in [0.3, 0.4) is 0 Å². The van der Waals surface area contributed by atoms with Crippen LogP contribution < -0.4 is 10.7 Å². The van der Waals surface area contributed by atoms with Gasteiger partial charge in [-0.1, -0.05) is 12.1 Å². The molecular weight excluding hydrogens is 380 g/mol. The number of para-hydroxylation sites is 1. The molecule has 0 radical (unpaired) electrons. The van der Waals surface area contributed by atoms with Gasteiger partial charge in [0, 0.05) is 16.6 Å². The first-order chi connectivity index (χ1) is 11.5. The molecule has 24 heavy (non-hydrogen) atoms. The molecule has 0 spiro atoms. The Morgan fingerprint density at radius 1 is 1.08 bits per heavy atom. The molecule has 2 N–H and O–H groups in total. The number of carbonyl (C=O) groups is 2. The van der Waals surface area contributed by atoms with Gasteiger partial charge in [-0.05, 0) is 45.8 Å². The fourth-order valence-corrected chi connectivity index (χ4v) is 2.02. The number of benzene rings is 2. The molecule has 2 amide bonds. The lowest BCUT2D eigenvalue weighted by atomic mass is 10.2. The maximum atomic E-state index is 11.7. The number of nitrogens with zero attached hydrogens (tertiary/aromatic N) is 2. The molecule has 2 aromatic carbocycles. The monoisotopic (exact) mass is 390 g/mol. The molecule has 0 bridgehead atoms. The molecule has 9 heteroatoms. The molecule has 0 aliphatic carbocycles. The van der Waals surface area contributed by atoms with E-state index in [1.807, 2.05) is 0 Å². The van der Waals surface area contributed by atoms with Crippen molar-refractivity contribution in [1.29, 1.82) is 0 Å². The lowest BCUT2D eigenvalue weighted by Gasteiger charge is -2.05. The predicted octanol–water partition coefficient (Wildman–Crippen LogP) is 2.45. The summed E-state index contributed by atoms with van der Waals surface area (Å²) in [5.74, 6) is -1.81. The summed E-state index contributed by atoms with van der Waals surface area (Å²) >= 11 is 3.25. The maximum Gasteiger partial charge on any atom is 0.329 e. The SMILES string of the molecule is O=C(NN=Cc1ccc([N+](=O)[O-])cc1)C(=O)Nc1ccccc1Br. The van der Waals surface area contributed by atoms with Gasteiger partial charge < -0.3 is 5.32 Å². The van der Waals surface area contributed by atoms with E-state index in [1.165, 1.54) is 30.5 Å². The minimum absolute atomic E-state index is 0.0519. The molecule has 0 saturated carbocycles. The van der Waals surface area contributed by atoms with Crippen molar-refractivity contribution < 1.29 is 14.5 Å². The number of nitro groups is 1. The van der Waals surface area contributed by atoms with Gasteiger partial charge in [-0.2, -0.15) is 5.10 Å². The van der Waals surface area contributed by atoms with Gasteiger partial charge in [-0.25, -0.2) is 5.43 Å². The van der Waals surface area contributed by atoms with E-state index in [9.17, 15) is 19.7 Å². The second kappa shape index (κ2) is 7.97. The quantitative estimate of drug-likeness (QED) is 0.361. The Morgan fingerprint density at radius 2 is 1.75 bits per heavy atom. The smallest absolute Gasteiger partial charge is 0.317 e. The van der Waals surface area contributed by atoms with Gasteiger partial charge in [0.25, 0.3) is 5.69 Å². The zero-order chi connectivity index (χ0) is 17.5. The molecule has 0 aromatic heterocycles. The van der Waals surface area contributed by atoms with E-state index < -0.39 is 16.7 Å². The van der Waals surface area contributed by atoms with Crippen molar-refractivity contribution in [3.05, 3.63) is 68.7 Å². The van der Waals surface area contributed by atoms with Crippen molar-refractivity contribution in [3.8, 4) is 0 Å². The largest absolute Gasteiger partial charge is 0.329 e. The molecule has 0 heterocycles. The molecule has 122 valence electrons. The number of carbonyl (C=O) groups excluding carboxylic acids is 2. The highest BCUT2D eigenvalue weighted by molar-refractivity contribution is 9.10. The first kappa shape index (κ1) is 17.3. The summed E-state index contributed by atoms with van der Waals surface area (Å²) in [5, 5.41) is 16.6. The molecule has 0 atom stereocenters. The molecule has 8 nitrogen and oxygen atoms in total. The van der Waals surface area contributed by atoms with Gasteiger partial charge in [-0.3, -0.25) is 19.7 Å². The molecule has 0 aliphatic heterocycles. The third kappa shape index (κ3) is 4.71. The highest BCUT2D eigenvalue weighted by Gasteiger charge is 2.13. The molecule has 2 rings (SSSR count). The van der Waals surface area contributed by atoms with Crippen LogP contribution in [0, 0.1) is 10.1 Å². The Hall–Kier alpha value is -3.07. The van der Waals surface area contributed by atoms with Crippen LogP contribution >= 0.6 is 15.9 Å². The Kier molecular flexibility index (Phi) is 5.74. The van der Waals surface area contributed by atoms with Crippen molar-refractivity contribution in [2.24, 2.45) is 5.10 Å². The summed E-state index contributed by atoms with van der Waals surface area (Å²) < 4.78 is 0.639. The predicted molar refractivity (Wildman–Crippen MR) is 91.6 cm³/mol. The van der Waals surface area contributed by atoms with Gasteiger partial charge in [-0.15, -0.1) is 0 Å². The van der Waals surface area contributed by atoms with Crippen LogP contribution in [0.5, 0.6) is 0 Å². The lowest BCUT2D eigenvalue weighted by molar-refractivity contribution is -0.384. The van der Waals surface area contributed by atoms with Gasteiger partial charge in [0.05, 0.1) is 16.8 Å². The van der Waals surface area contributed by atoms with E-state index in [1.54, 1.807) is 24.3 Å². The number of nitro benzene ring substituents is 1. The van der Waals surface area contributed by atoms with Crippen molar-refractivity contribution in [3.63, 3.8) is 0 Å². The van der Waals surface area contributed by atoms with E-state index in [4.69, 9.17) is 0 Å². The summed E-state index contributed by atoms with van der Waals surface area (Å²) in [6, 6.07) is 12.4. The second-order valence-electron chi connectivity index (χ2n) is 4.48. The molecular formula is C15H11BrN4O4. The standard InChI is InChI=1S/C15H11BrN4O4/c16-12-3-1-2-4-13(12)18-14(21)15(22)19-17-9-10-5-7-11(8-6-10)20(23)24/h1-9H,(H,18,21)(H,19,22). The number of hydrogen-bond donors (Lipinski definition) is 2. The van der Waals surface area contributed by atoms with E-state index in [2.05, 4.69) is 31.8 Å².